The average Bonchev–Trinajstić information content (AvgIpc) is 2.44. The molecule has 0 aliphatic carbocycles. The number of benzene rings is 2. The van der Waals surface area contributed by atoms with E-state index in [9.17, 15) is 0 Å². The van der Waals surface area contributed by atoms with E-state index in [1.807, 2.05) is 18.2 Å². The third-order valence-corrected chi connectivity index (χ3v) is 4.17. The van der Waals surface area contributed by atoms with Crippen molar-refractivity contribution in [1.29, 1.82) is 0 Å². The zero-order chi connectivity index (χ0) is 15.4. The second-order valence-corrected chi connectivity index (χ2v) is 6.56. The lowest BCUT2D eigenvalue weighted by Gasteiger charge is -2.15. The first-order valence-electron chi connectivity index (χ1n) is 6.66. The van der Waals surface area contributed by atoms with Crippen LogP contribution in [0.2, 0.25) is 10.0 Å². The molecule has 1 unspecified atom stereocenters. The molecule has 2 aromatic carbocycles. The zero-order valence-corrected chi connectivity index (χ0v) is 14.7. The summed E-state index contributed by atoms with van der Waals surface area (Å²) in [5.74, 6) is 1.32. The lowest BCUT2D eigenvalue weighted by atomic mass is 10.0. The predicted molar refractivity (Wildman–Crippen MR) is 92.6 cm³/mol. The summed E-state index contributed by atoms with van der Waals surface area (Å²) in [7, 11) is 0. The fourth-order valence-electron chi connectivity index (χ4n) is 1.90. The number of nitrogens with two attached hydrogens (primary N) is 1. The maximum atomic E-state index is 6.16. The summed E-state index contributed by atoms with van der Waals surface area (Å²) < 4.78 is 6.89. The molecule has 1 atom stereocenters. The van der Waals surface area contributed by atoms with Gasteiger partial charge in [0, 0.05) is 15.5 Å². The van der Waals surface area contributed by atoms with Crippen molar-refractivity contribution in [2.75, 3.05) is 0 Å². The van der Waals surface area contributed by atoms with Crippen molar-refractivity contribution in [3.63, 3.8) is 0 Å². The van der Waals surface area contributed by atoms with Crippen molar-refractivity contribution in [1.82, 2.24) is 0 Å². The monoisotopic (exact) mass is 387 g/mol. The van der Waals surface area contributed by atoms with Crippen LogP contribution in [0.15, 0.2) is 40.9 Å². The molecule has 0 bridgehead atoms. The molecule has 2 nitrogen and oxygen atoms in total. The third kappa shape index (κ3) is 4.62. The molecule has 0 aromatic heterocycles. The van der Waals surface area contributed by atoms with E-state index in [4.69, 9.17) is 33.7 Å². The first kappa shape index (κ1) is 16.6. The molecule has 0 spiro atoms. The predicted octanol–water partition coefficient (Wildman–Crippen LogP) is 5.83. The molecule has 0 heterocycles. The van der Waals surface area contributed by atoms with Crippen LogP contribution in [0, 0.1) is 0 Å². The lowest BCUT2D eigenvalue weighted by molar-refractivity contribution is 0.472. The first-order chi connectivity index (χ1) is 9.99. The maximum absolute atomic E-state index is 6.16. The van der Waals surface area contributed by atoms with Crippen LogP contribution >= 0.6 is 39.1 Å². The Bertz CT molecular complexity index is 634. The summed E-state index contributed by atoms with van der Waals surface area (Å²) in [4.78, 5) is 0. The smallest absolute Gasteiger partial charge is 0.146 e. The molecule has 2 N–H and O–H groups in total. The molecule has 2 rings (SSSR count). The summed E-state index contributed by atoms with van der Waals surface area (Å²) in [5.41, 5.74) is 7.10. The quantitative estimate of drug-likeness (QED) is 0.699. The molecule has 0 fully saturated rings. The van der Waals surface area contributed by atoms with Gasteiger partial charge in [0.2, 0.25) is 0 Å². The normalized spacial score (nSPS) is 12.2. The molecule has 0 aliphatic heterocycles. The van der Waals surface area contributed by atoms with E-state index in [-0.39, 0.29) is 6.04 Å². The van der Waals surface area contributed by atoms with E-state index in [0.29, 0.717) is 15.8 Å². The van der Waals surface area contributed by atoms with Gasteiger partial charge < -0.3 is 10.5 Å². The summed E-state index contributed by atoms with van der Waals surface area (Å²) in [6.07, 6.45) is 1.67. The van der Waals surface area contributed by atoms with Gasteiger partial charge in [0.05, 0.1) is 5.02 Å². The number of rotatable bonds is 5. The van der Waals surface area contributed by atoms with Crippen LogP contribution in [-0.2, 0) is 6.42 Å². The molecule has 5 heteroatoms. The Morgan fingerprint density at radius 3 is 2.57 bits per heavy atom. The van der Waals surface area contributed by atoms with Crippen molar-refractivity contribution >= 4 is 39.1 Å². The Morgan fingerprint density at radius 1 is 1.14 bits per heavy atom. The van der Waals surface area contributed by atoms with Gasteiger partial charge in [0.15, 0.2) is 0 Å². The first-order valence-corrected chi connectivity index (χ1v) is 8.21. The zero-order valence-electron chi connectivity index (χ0n) is 11.6. The van der Waals surface area contributed by atoms with Gasteiger partial charge in [-0.05, 0) is 48.7 Å². The van der Waals surface area contributed by atoms with Crippen molar-refractivity contribution in [2.24, 2.45) is 5.73 Å². The highest BCUT2D eigenvalue weighted by atomic mass is 79.9. The molecule has 0 saturated carbocycles. The lowest BCUT2D eigenvalue weighted by Crippen LogP contribution is -2.21. The van der Waals surface area contributed by atoms with E-state index in [0.717, 1.165) is 28.6 Å². The van der Waals surface area contributed by atoms with Gasteiger partial charge in [0.1, 0.15) is 11.5 Å². The van der Waals surface area contributed by atoms with Crippen LogP contribution in [0.1, 0.15) is 18.9 Å². The Morgan fingerprint density at radius 2 is 1.90 bits per heavy atom. The van der Waals surface area contributed by atoms with Gasteiger partial charge in [0.25, 0.3) is 0 Å². The fourth-order valence-corrected chi connectivity index (χ4v) is 2.68. The fraction of sp³-hybridized carbons (Fsp3) is 0.250. The molecule has 2 aromatic rings. The highest BCUT2D eigenvalue weighted by Crippen LogP contribution is 2.34. The highest BCUT2D eigenvalue weighted by molar-refractivity contribution is 9.10. The van der Waals surface area contributed by atoms with Crippen LogP contribution < -0.4 is 10.5 Å². The van der Waals surface area contributed by atoms with Gasteiger partial charge in [-0.25, -0.2) is 0 Å². The standard InChI is InChI=1S/C16H16BrCl2NO/c1-2-13(20)7-10-3-4-11(17)8-16(10)21-15-6-5-12(18)9-14(15)19/h3-6,8-9,13H,2,7,20H2,1H3. The van der Waals surface area contributed by atoms with Gasteiger partial charge >= 0.3 is 0 Å². The Kier molecular flexibility index (Phi) is 5.94. The minimum atomic E-state index is 0.106. The van der Waals surface area contributed by atoms with Gasteiger partial charge in [-0.15, -0.1) is 0 Å². The summed E-state index contributed by atoms with van der Waals surface area (Å²) in [6, 6.07) is 11.2. The molecule has 0 radical (unpaired) electrons. The van der Waals surface area contributed by atoms with Crippen molar-refractivity contribution in [3.05, 3.63) is 56.5 Å². The van der Waals surface area contributed by atoms with Crippen LogP contribution in [-0.4, -0.2) is 6.04 Å². The second-order valence-electron chi connectivity index (χ2n) is 4.80. The van der Waals surface area contributed by atoms with Gasteiger partial charge in [-0.2, -0.15) is 0 Å². The average molecular weight is 389 g/mol. The number of halogens is 3. The molecule has 0 aliphatic rings. The molecule has 0 amide bonds. The summed E-state index contributed by atoms with van der Waals surface area (Å²) in [5, 5.41) is 1.06. The largest absolute Gasteiger partial charge is 0.455 e. The molecular formula is C16H16BrCl2NO. The van der Waals surface area contributed by atoms with Crippen LogP contribution in [0.3, 0.4) is 0 Å². The molecule has 112 valence electrons. The SMILES string of the molecule is CCC(N)Cc1ccc(Br)cc1Oc1ccc(Cl)cc1Cl. The van der Waals surface area contributed by atoms with Gasteiger partial charge in [-0.3, -0.25) is 0 Å². The van der Waals surface area contributed by atoms with E-state index in [1.54, 1.807) is 18.2 Å². The molecule has 0 saturated heterocycles. The summed E-state index contributed by atoms with van der Waals surface area (Å²) >= 11 is 15.5. The summed E-state index contributed by atoms with van der Waals surface area (Å²) in [6.45, 7) is 2.07. The van der Waals surface area contributed by atoms with E-state index < -0.39 is 0 Å². The van der Waals surface area contributed by atoms with Crippen LogP contribution in [0.25, 0.3) is 0 Å². The Balaban J connectivity index is 2.31. The maximum Gasteiger partial charge on any atom is 0.146 e. The number of ether oxygens (including phenoxy) is 1. The molecule has 21 heavy (non-hydrogen) atoms. The van der Waals surface area contributed by atoms with Crippen molar-refractivity contribution < 1.29 is 4.74 Å². The van der Waals surface area contributed by atoms with Crippen LogP contribution in [0.4, 0.5) is 0 Å². The van der Waals surface area contributed by atoms with Gasteiger partial charge in [-0.1, -0.05) is 52.1 Å². The number of hydrogen-bond acceptors (Lipinski definition) is 2. The van der Waals surface area contributed by atoms with Crippen LogP contribution in [0.5, 0.6) is 11.5 Å². The minimum Gasteiger partial charge on any atom is -0.455 e. The Labute approximate surface area is 143 Å². The Hall–Kier alpha value is -0.740. The third-order valence-electron chi connectivity index (χ3n) is 3.15. The van der Waals surface area contributed by atoms with E-state index in [1.165, 1.54) is 0 Å². The van der Waals surface area contributed by atoms with E-state index in [2.05, 4.69) is 22.9 Å². The second kappa shape index (κ2) is 7.50. The van der Waals surface area contributed by atoms with Crippen molar-refractivity contribution in [2.45, 2.75) is 25.8 Å². The van der Waals surface area contributed by atoms with E-state index >= 15 is 0 Å². The number of hydrogen-bond donors (Lipinski definition) is 1. The van der Waals surface area contributed by atoms with Crippen molar-refractivity contribution in [3.8, 4) is 11.5 Å². The topological polar surface area (TPSA) is 35.2 Å². The minimum absolute atomic E-state index is 0.106. The molecular weight excluding hydrogens is 373 g/mol. The highest BCUT2D eigenvalue weighted by Gasteiger charge is 2.11.